The summed E-state index contributed by atoms with van der Waals surface area (Å²) in [4.78, 5) is 12.0. The molecule has 1 amide bonds. The number of halogens is 2. The largest absolute Gasteiger partial charge is 0.497 e. The van der Waals surface area contributed by atoms with E-state index in [4.69, 9.17) is 16.3 Å². The van der Waals surface area contributed by atoms with Crippen LogP contribution in [0.1, 0.15) is 10.4 Å². The van der Waals surface area contributed by atoms with E-state index in [1.165, 1.54) is 19.2 Å². The maximum atomic E-state index is 12.9. The molecule has 0 saturated heterocycles. The van der Waals surface area contributed by atoms with E-state index < -0.39 is 5.82 Å². The average molecular weight is 280 g/mol. The highest BCUT2D eigenvalue weighted by atomic mass is 35.5. The third-order valence-corrected chi connectivity index (χ3v) is 2.82. The minimum Gasteiger partial charge on any atom is -0.497 e. The summed E-state index contributed by atoms with van der Waals surface area (Å²) in [5.74, 6) is -0.213. The lowest BCUT2D eigenvalue weighted by Crippen LogP contribution is -2.12. The zero-order chi connectivity index (χ0) is 13.8. The van der Waals surface area contributed by atoms with E-state index in [1.807, 2.05) is 0 Å². The van der Waals surface area contributed by atoms with Crippen molar-refractivity contribution >= 4 is 23.2 Å². The zero-order valence-electron chi connectivity index (χ0n) is 10.1. The van der Waals surface area contributed by atoms with Crippen molar-refractivity contribution < 1.29 is 13.9 Å². The van der Waals surface area contributed by atoms with Crippen molar-refractivity contribution in [3.8, 4) is 5.75 Å². The fourth-order valence-electron chi connectivity index (χ4n) is 1.55. The number of carbonyl (C=O) groups excluding carboxylic acids is 1. The van der Waals surface area contributed by atoms with Crippen molar-refractivity contribution in [1.29, 1.82) is 0 Å². The number of hydrogen-bond acceptors (Lipinski definition) is 2. The van der Waals surface area contributed by atoms with Gasteiger partial charge in [0.25, 0.3) is 5.91 Å². The van der Waals surface area contributed by atoms with E-state index >= 15 is 0 Å². The Bertz CT molecular complexity index is 616. The minimum absolute atomic E-state index is 0.149. The first-order chi connectivity index (χ1) is 9.10. The third kappa shape index (κ3) is 3.23. The number of anilines is 1. The van der Waals surface area contributed by atoms with Gasteiger partial charge in [-0.05, 0) is 36.4 Å². The lowest BCUT2D eigenvalue weighted by Gasteiger charge is -2.08. The second-order valence-corrected chi connectivity index (χ2v) is 4.22. The number of methoxy groups -OCH3 is 1. The molecule has 0 radical (unpaired) electrons. The minimum atomic E-state index is -0.454. The molecule has 5 heteroatoms. The number of amides is 1. The third-order valence-electron chi connectivity index (χ3n) is 2.51. The number of ether oxygens (including phenoxy) is 1. The Labute approximate surface area is 115 Å². The Morgan fingerprint density at radius 2 is 2.05 bits per heavy atom. The van der Waals surface area contributed by atoms with Crippen LogP contribution in [0.25, 0.3) is 0 Å². The van der Waals surface area contributed by atoms with Crippen LogP contribution in [0, 0.1) is 5.82 Å². The molecule has 19 heavy (non-hydrogen) atoms. The van der Waals surface area contributed by atoms with Crippen molar-refractivity contribution in [2.45, 2.75) is 0 Å². The number of hydrogen-bond donors (Lipinski definition) is 1. The molecule has 98 valence electrons. The van der Waals surface area contributed by atoms with Crippen LogP contribution in [0.3, 0.4) is 0 Å². The summed E-state index contributed by atoms with van der Waals surface area (Å²) in [6.07, 6.45) is 0. The monoisotopic (exact) mass is 279 g/mol. The maximum absolute atomic E-state index is 12.9. The maximum Gasteiger partial charge on any atom is 0.255 e. The van der Waals surface area contributed by atoms with Crippen LogP contribution in [-0.4, -0.2) is 13.0 Å². The highest BCUT2D eigenvalue weighted by Crippen LogP contribution is 2.23. The van der Waals surface area contributed by atoms with Gasteiger partial charge in [-0.25, -0.2) is 4.39 Å². The molecule has 0 heterocycles. The molecule has 2 rings (SSSR count). The summed E-state index contributed by atoms with van der Waals surface area (Å²) < 4.78 is 17.9. The Morgan fingerprint density at radius 1 is 1.26 bits per heavy atom. The van der Waals surface area contributed by atoms with Gasteiger partial charge in [0.05, 0.1) is 17.8 Å². The van der Waals surface area contributed by atoms with E-state index in [-0.39, 0.29) is 10.9 Å². The molecule has 3 nitrogen and oxygen atoms in total. The quantitative estimate of drug-likeness (QED) is 0.929. The highest BCUT2D eigenvalue weighted by Gasteiger charge is 2.09. The lowest BCUT2D eigenvalue weighted by molar-refractivity contribution is 0.102. The number of rotatable bonds is 3. The van der Waals surface area contributed by atoms with Crippen molar-refractivity contribution in [3.05, 3.63) is 58.9 Å². The van der Waals surface area contributed by atoms with Gasteiger partial charge in [0.2, 0.25) is 0 Å². The van der Waals surface area contributed by atoms with E-state index in [9.17, 15) is 9.18 Å². The number of nitrogens with one attached hydrogen (secondary N) is 1. The standard InChI is InChI=1S/C14H11ClFNO2/c1-19-11-4-2-3-9(7-11)14(18)17-13-6-5-10(16)8-12(13)15/h2-8H,1H3,(H,17,18). The first kappa shape index (κ1) is 13.4. The molecule has 0 aromatic heterocycles. The van der Waals surface area contributed by atoms with Crippen LogP contribution >= 0.6 is 11.6 Å². The summed E-state index contributed by atoms with van der Waals surface area (Å²) in [5, 5.41) is 2.76. The predicted octanol–water partition coefficient (Wildman–Crippen LogP) is 3.74. The van der Waals surface area contributed by atoms with Crippen LogP contribution in [0.5, 0.6) is 5.75 Å². The molecule has 0 atom stereocenters. The van der Waals surface area contributed by atoms with Gasteiger partial charge in [-0.1, -0.05) is 17.7 Å². The summed E-state index contributed by atoms with van der Waals surface area (Å²) in [5.41, 5.74) is 0.788. The van der Waals surface area contributed by atoms with Gasteiger partial charge in [0.15, 0.2) is 0 Å². The van der Waals surface area contributed by atoms with Gasteiger partial charge in [0.1, 0.15) is 11.6 Å². The van der Waals surface area contributed by atoms with Crippen LogP contribution in [0.4, 0.5) is 10.1 Å². The average Bonchev–Trinajstić information content (AvgIpc) is 2.42. The zero-order valence-corrected chi connectivity index (χ0v) is 10.9. The molecule has 0 aliphatic carbocycles. The van der Waals surface area contributed by atoms with Crippen molar-refractivity contribution in [1.82, 2.24) is 0 Å². The predicted molar refractivity (Wildman–Crippen MR) is 72.4 cm³/mol. The smallest absolute Gasteiger partial charge is 0.255 e. The Hall–Kier alpha value is -2.07. The fraction of sp³-hybridized carbons (Fsp3) is 0.0714. The molecule has 0 spiro atoms. The molecular formula is C14H11ClFNO2. The van der Waals surface area contributed by atoms with Gasteiger partial charge >= 0.3 is 0 Å². The summed E-state index contributed by atoms with van der Waals surface area (Å²) >= 11 is 5.84. The lowest BCUT2D eigenvalue weighted by atomic mass is 10.2. The fourth-order valence-corrected chi connectivity index (χ4v) is 1.76. The van der Waals surface area contributed by atoms with Crippen LogP contribution in [0.2, 0.25) is 5.02 Å². The van der Waals surface area contributed by atoms with E-state index in [1.54, 1.807) is 24.3 Å². The number of benzene rings is 2. The first-order valence-corrected chi connectivity index (χ1v) is 5.88. The van der Waals surface area contributed by atoms with Crippen molar-refractivity contribution in [2.24, 2.45) is 0 Å². The normalized spacial score (nSPS) is 10.1. The van der Waals surface area contributed by atoms with E-state index in [0.29, 0.717) is 17.0 Å². The molecular weight excluding hydrogens is 269 g/mol. The highest BCUT2D eigenvalue weighted by molar-refractivity contribution is 6.33. The molecule has 2 aromatic carbocycles. The SMILES string of the molecule is COc1cccc(C(=O)Nc2ccc(F)cc2Cl)c1. The van der Waals surface area contributed by atoms with E-state index in [2.05, 4.69) is 5.32 Å². The molecule has 0 unspecified atom stereocenters. The van der Waals surface area contributed by atoms with Crippen LogP contribution < -0.4 is 10.1 Å². The van der Waals surface area contributed by atoms with Gasteiger partial charge < -0.3 is 10.1 Å². The molecule has 0 aliphatic rings. The molecule has 1 N–H and O–H groups in total. The second kappa shape index (κ2) is 5.71. The molecule has 0 fully saturated rings. The molecule has 0 saturated carbocycles. The van der Waals surface area contributed by atoms with E-state index in [0.717, 1.165) is 6.07 Å². The Balaban J connectivity index is 2.20. The van der Waals surface area contributed by atoms with Crippen LogP contribution in [-0.2, 0) is 0 Å². The van der Waals surface area contributed by atoms with Gasteiger partial charge in [-0.15, -0.1) is 0 Å². The molecule has 0 bridgehead atoms. The number of carbonyl (C=O) groups is 1. The summed E-state index contributed by atoms with van der Waals surface area (Å²) in [7, 11) is 1.52. The summed E-state index contributed by atoms with van der Waals surface area (Å²) in [6, 6.07) is 10.5. The first-order valence-electron chi connectivity index (χ1n) is 5.50. The Kier molecular flexibility index (Phi) is 4.02. The van der Waals surface area contributed by atoms with Gasteiger partial charge in [-0.3, -0.25) is 4.79 Å². The van der Waals surface area contributed by atoms with Gasteiger partial charge in [-0.2, -0.15) is 0 Å². The van der Waals surface area contributed by atoms with Crippen LogP contribution in [0.15, 0.2) is 42.5 Å². The van der Waals surface area contributed by atoms with Gasteiger partial charge in [0, 0.05) is 5.56 Å². The molecule has 0 aliphatic heterocycles. The molecule has 2 aromatic rings. The second-order valence-electron chi connectivity index (χ2n) is 3.81. The van der Waals surface area contributed by atoms with Crippen molar-refractivity contribution in [2.75, 3.05) is 12.4 Å². The topological polar surface area (TPSA) is 38.3 Å². The Morgan fingerprint density at radius 3 is 2.74 bits per heavy atom. The summed E-state index contributed by atoms with van der Waals surface area (Å²) in [6.45, 7) is 0. The van der Waals surface area contributed by atoms with Crippen molar-refractivity contribution in [3.63, 3.8) is 0 Å².